The average molecular weight is 402 g/mol. The Kier molecular flexibility index (Phi) is 6.99. The van der Waals surface area contributed by atoms with Crippen molar-refractivity contribution in [3.05, 3.63) is 40.2 Å². The molecule has 0 saturated heterocycles. The monoisotopic (exact) mass is 402 g/mol. The molecule has 1 atom stereocenters. The molecule has 0 fully saturated rings. The van der Waals surface area contributed by atoms with E-state index in [0.29, 0.717) is 29.2 Å². The number of halogens is 1. The molecule has 28 heavy (non-hydrogen) atoms. The highest BCUT2D eigenvalue weighted by Gasteiger charge is 2.11. The summed E-state index contributed by atoms with van der Waals surface area (Å²) >= 11 is 1.54. The number of thiazole rings is 1. The third-order valence-electron chi connectivity index (χ3n) is 3.55. The molecule has 2 heterocycles. The Balaban J connectivity index is 1.68. The van der Waals surface area contributed by atoms with Crippen LogP contribution in [0.3, 0.4) is 0 Å². The van der Waals surface area contributed by atoms with Crippen molar-refractivity contribution in [2.75, 3.05) is 13.3 Å². The number of rotatable bonds is 9. The van der Waals surface area contributed by atoms with Crippen molar-refractivity contribution in [3.63, 3.8) is 0 Å². The standard InChI is InChI=1S/C19H19FN4O3S/c1-2-22-23-8-7-19-21-11-15(28-19)4-6-18-24-16-5-3-13(9-17(16)27-18)26-14(10-20)12-25/h2-6,8-9,11,14,25H,7,10,12H2,1H3/b6-4+,22-2-,23-8-. The Morgan fingerprint density at radius 1 is 1.36 bits per heavy atom. The molecule has 1 unspecified atom stereocenters. The molecule has 0 aliphatic rings. The minimum Gasteiger partial charge on any atom is -0.485 e. The number of oxazole rings is 1. The summed E-state index contributed by atoms with van der Waals surface area (Å²) in [5.41, 5.74) is 1.18. The van der Waals surface area contributed by atoms with Gasteiger partial charge in [-0.15, -0.1) is 11.3 Å². The van der Waals surface area contributed by atoms with E-state index in [9.17, 15) is 4.39 Å². The lowest BCUT2D eigenvalue weighted by molar-refractivity contribution is 0.0932. The molecule has 0 spiro atoms. The van der Waals surface area contributed by atoms with Gasteiger partial charge in [-0.25, -0.2) is 14.4 Å². The van der Waals surface area contributed by atoms with Crippen LogP contribution in [-0.4, -0.2) is 46.9 Å². The molecule has 1 aromatic carbocycles. The Bertz CT molecular complexity index is 992. The maximum Gasteiger partial charge on any atom is 0.220 e. The number of alkyl halides is 1. The van der Waals surface area contributed by atoms with Gasteiger partial charge in [0.2, 0.25) is 5.89 Å². The second-order valence-electron chi connectivity index (χ2n) is 5.62. The van der Waals surface area contributed by atoms with Gasteiger partial charge < -0.3 is 14.3 Å². The summed E-state index contributed by atoms with van der Waals surface area (Å²) in [4.78, 5) is 9.67. The van der Waals surface area contributed by atoms with Crippen molar-refractivity contribution in [2.24, 2.45) is 10.2 Å². The molecule has 0 bridgehead atoms. The van der Waals surface area contributed by atoms with E-state index in [-0.39, 0.29) is 0 Å². The van der Waals surface area contributed by atoms with Crippen LogP contribution < -0.4 is 4.74 Å². The summed E-state index contributed by atoms with van der Waals surface area (Å²) in [6.45, 7) is 0.639. The molecule has 1 N–H and O–H groups in total. The van der Waals surface area contributed by atoms with Crippen LogP contribution in [-0.2, 0) is 6.42 Å². The van der Waals surface area contributed by atoms with Crippen molar-refractivity contribution in [2.45, 2.75) is 19.4 Å². The van der Waals surface area contributed by atoms with Gasteiger partial charge in [-0.2, -0.15) is 10.2 Å². The molecule has 2 aromatic heterocycles. The summed E-state index contributed by atoms with van der Waals surface area (Å²) in [7, 11) is 0. The first-order valence-electron chi connectivity index (χ1n) is 8.58. The zero-order valence-corrected chi connectivity index (χ0v) is 16.0. The average Bonchev–Trinajstić information content (AvgIpc) is 3.33. The van der Waals surface area contributed by atoms with E-state index in [1.165, 1.54) is 0 Å². The van der Waals surface area contributed by atoms with E-state index in [2.05, 4.69) is 20.2 Å². The number of aromatic nitrogens is 2. The van der Waals surface area contributed by atoms with Gasteiger partial charge in [0.25, 0.3) is 0 Å². The lowest BCUT2D eigenvalue weighted by Gasteiger charge is -2.12. The highest BCUT2D eigenvalue weighted by atomic mass is 32.1. The van der Waals surface area contributed by atoms with Gasteiger partial charge in [-0.3, -0.25) is 0 Å². The summed E-state index contributed by atoms with van der Waals surface area (Å²) in [5, 5.41) is 17.6. The van der Waals surface area contributed by atoms with Crippen molar-refractivity contribution in [1.82, 2.24) is 9.97 Å². The second-order valence-corrected chi connectivity index (χ2v) is 6.77. The first-order chi connectivity index (χ1) is 13.7. The van der Waals surface area contributed by atoms with Crippen LogP contribution in [0.25, 0.3) is 23.3 Å². The first kappa shape index (κ1) is 19.8. The Hall–Kier alpha value is -2.91. The van der Waals surface area contributed by atoms with Crippen molar-refractivity contribution >= 4 is 47.0 Å². The topological polar surface area (TPSA) is 93.1 Å². The van der Waals surface area contributed by atoms with Crippen LogP contribution in [0.15, 0.2) is 39.0 Å². The fraction of sp³-hybridized carbons (Fsp3) is 0.263. The summed E-state index contributed by atoms with van der Waals surface area (Å²) < 4.78 is 23.7. The molecule has 0 aliphatic heterocycles. The summed E-state index contributed by atoms with van der Waals surface area (Å²) in [6, 6.07) is 5.01. The van der Waals surface area contributed by atoms with Gasteiger partial charge in [-0.1, -0.05) is 0 Å². The Morgan fingerprint density at radius 3 is 3.04 bits per heavy atom. The number of fused-ring (bicyclic) bond motifs is 1. The smallest absolute Gasteiger partial charge is 0.220 e. The van der Waals surface area contributed by atoms with Crippen LogP contribution in [0.2, 0.25) is 0 Å². The zero-order valence-electron chi connectivity index (χ0n) is 15.2. The molecular formula is C19H19FN4O3S. The Morgan fingerprint density at radius 2 is 2.25 bits per heavy atom. The molecule has 0 radical (unpaired) electrons. The number of aliphatic hydroxyl groups excluding tert-OH is 1. The van der Waals surface area contributed by atoms with Crippen LogP contribution in [0, 0.1) is 0 Å². The number of benzene rings is 1. The molecule has 3 rings (SSSR count). The largest absolute Gasteiger partial charge is 0.485 e. The van der Waals surface area contributed by atoms with E-state index < -0.39 is 19.4 Å². The van der Waals surface area contributed by atoms with Gasteiger partial charge in [0.15, 0.2) is 5.58 Å². The predicted molar refractivity (Wildman–Crippen MR) is 109 cm³/mol. The number of hydrogen-bond acceptors (Lipinski definition) is 8. The highest BCUT2D eigenvalue weighted by Crippen LogP contribution is 2.24. The van der Waals surface area contributed by atoms with Crippen molar-refractivity contribution < 1.29 is 18.7 Å². The minimum atomic E-state index is -0.890. The lowest BCUT2D eigenvalue weighted by atomic mass is 10.3. The van der Waals surface area contributed by atoms with Crippen molar-refractivity contribution in [3.8, 4) is 5.75 Å². The van der Waals surface area contributed by atoms with E-state index in [4.69, 9.17) is 14.3 Å². The van der Waals surface area contributed by atoms with E-state index >= 15 is 0 Å². The molecular weight excluding hydrogens is 383 g/mol. The second kappa shape index (κ2) is 9.86. The van der Waals surface area contributed by atoms with Gasteiger partial charge in [0.1, 0.15) is 24.0 Å². The Labute approximate surface area is 164 Å². The van der Waals surface area contributed by atoms with E-state index in [0.717, 1.165) is 9.88 Å². The minimum absolute atomic E-state index is 0.395. The van der Waals surface area contributed by atoms with Gasteiger partial charge in [0.05, 0.1) is 11.6 Å². The number of aliphatic hydroxyl groups is 1. The van der Waals surface area contributed by atoms with E-state index in [1.807, 2.05) is 6.08 Å². The van der Waals surface area contributed by atoms with Crippen LogP contribution in [0.1, 0.15) is 22.7 Å². The fourth-order valence-electron chi connectivity index (χ4n) is 2.26. The molecule has 3 aromatic rings. The molecule has 7 nitrogen and oxygen atoms in total. The lowest BCUT2D eigenvalue weighted by Crippen LogP contribution is -2.23. The van der Waals surface area contributed by atoms with Gasteiger partial charge >= 0.3 is 0 Å². The van der Waals surface area contributed by atoms with Crippen LogP contribution in [0.4, 0.5) is 4.39 Å². The third kappa shape index (κ3) is 5.30. The molecule has 0 amide bonds. The zero-order chi connectivity index (χ0) is 19.8. The third-order valence-corrected chi connectivity index (χ3v) is 4.53. The highest BCUT2D eigenvalue weighted by molar-refractivity contribution is 7.12. The maximum absolute atomic E-state index is 12.7. The first-order valence-corrected chi connectivity index (χ1v) is 9.39. The normalized spacial score (nSPS) is 13.4. The van der Waals surface area contributed by atoms with Crippen LogP contribution in [0.5, 0.6) is 5.75 Å². The number of nitrogens with zero attached hydrogens (tertiary/aromatic N) is 4. The quantitative estimate of drug-likeness (QED) is 0.434. The predicted octanol–water partition coefficient (Wildman–Crippen LogP) is 3.78. The van der Waals surface area contributed by atoms with Gasteiger partial charge in [-0.05, 0) is 25.1 Å². The number of hydrogen-bond donors (Lipinski definition) is 1. The molecule has 146 valence electrons. The molecule has 9 heteroatoms. The molecule has 0 aliphatic carbocycles. The summed E-state index contributed by atoms with van der Waals surface area (Å²) in [6.07, 6.45) is 8.45. The summed E-state index contributed by atoms with van der Waals surface area (Å²) in [5.74, 6) is 0.849. The van der Waals surface area contributed by atoms with Crippen LogP contribution >= 0.6 is 11.3 Å². The number of ether oxygens (including phenoxy) is 1. The fourth-order valence-corrected chi connectivity index (χ4v) is 3.04. The maximum atomic E-state index is 12.7. The molecule has 0 saturated carbocycles. The van der Waals surface area contributed by atoms with Gasteiger partial charge in [0, 0.05) is 42.1 Å². The van der Waals surface area contributed by atoms with E-state index in [1.54, 1.807) is 61.2 Å². The van der Waals surface area contributed by atoms with Crippen molar-refractivity contribution in [1.29, 1.82) is 0 Å². The SMILES string of the molecule is C/C=N\N=C/Cc1ncc(/C=C/c2nc3ccc(OC(CO)CF)cc3o2)s1.